The Bertz CT molecular complexity index is 1040. The van der Waals surface area contributed by atoms with Crippen molar-refractivity contribution in [1.29, 1.82) is 0 Å². The fourth-order valence-electron chi connectivity index (χ4n) is 7.98. The Balaban J connectivity index is 1.36. The van der Waals surface area contributed by atoms with E-state index in [1.807, 2.05) is 18.2 Å². The van der Waals surface area contributed by atoms with Crippen LogP contribution < -0.4 is 10.5 Å². The van der Waals surface area contributed by atoms with Crippen molar-refractivity contribution in [3.8, 4) is 5.75 Å². The van der Waals surface area contributed by atoms with E-state index in [2.05, 4.69) is 61.2 Å². The minimum absolute atomic E-state index is 0.0444. The molecule has 1 saturated heterocycles. The lowest BCUT2D eigenvalue weighted by Gasteiger charge is -2.47. The zero-order valence-electron chi connectivity index (χ0n) is 19.9. The van der Waals surface area contributed by atoms with Gasteiger partial charge in [-0.2, -0.15) is 0 Å². The summed E-state index contributed by atoms with van der Waals surface area (Å²) in [4.78, 5) is 16.5. The maximum Gasteiger partial charge on any atom is 0.229 e. The van der Waals surface area contributed by atoms with Crippen LogP contribution in [-0.4, -0.2) is 36.0 Å². The third-order valence-corrected chi connectivity index (χ3v) is 9.54. The SMILES string of the molecule is CC1(C)CN(C(=O)C23CC4CC(c5ccccc5)(CC2C4Oc2ccccc2)C3)CC[C@@H]1N. The quantitative estimate of drug-likeness (QED) is 0.739. The van der Waals surface area contributed by atoms with Crippen LogP contribution in [0.3, 0.4) is 0 Å². The van der Waals surface area contributed by atoms with E-state index in [9.17, 15) is 4.79 Å². The molecule has 4 bridgehead atoms. The highest BCUT2D eigenvalue weighted by Crippen LogP contribution is 2.71. The van der Waals surface area contributed by atoms with Crippen molar-refractivity contribution >= 4 is 5.91 Å². The predicted molar refractivity (Wildman–Crippen MR) is 130 cm³/mol. The molecule has 2 aromatic rings. The number of hydrogen-bond acceptors (Lipinski definition) is 3. The number of benzene rings is 2. The third-order valence-electron chi connectivity index (χ3n) is 9.54. The van der Waals surface area contributed by atoms with E-state index in [4.69, 9.17) is 10.5 Å². The van der Waals surface area contributed by atoms with E-state index >= 15 is 0 Å². The molecule has 7 rings (SSSR count). The molecule has 4 aliphatic carbocycles. The smallest absolute Gasteiger partial charge is 0.229 e. The largest absolute Gasteiger partial charge is 0.490 e. The number of carbonyl (C=O) groups excluding carboxylic acids is 1. The Morgan fingerprint density at radius 2 is 1.70 bits per heavy atom. The Labute approximate surface area is 197 Å². The summed E-state index contributed by atoms with van der Waals surface area (Å²) in [5.74, 6) is 1.99. The first-order chi connectivity index (χ1) is 15.8. The number of carbonyl (C=O) groups is 1. The first-order valence-electron chi connectivity index (χ1n) is 12.7. The zero-order valence-corrected chi connectivity index (χ0v) is 19.9. The second-order valence-corrected chi connectivity index (χ2v) is 12.0. The van der Waals surface area contributed by atoms with Crippen LogP contribution in [0.4, 0.5) is 0 Å². The van der Waals surface area contributed by atoms with Gasteiger partial charge < -0.3 is 15.4 Å². The molecule has 2 aromatic carbocycles. The van der Waals surface area contributed by atoms with E-state index in [0.717, 1.165) is 50.9 Å². The highest BCUT2D eigenvalue weighted by Gasteiger charge is 2.72. The summed E-state index contributed by atoms with van der Waals surface area (Å²) in [6, 6.07) is 21.3. The van der Waals surface area contributed by atoms with Crippen LogP contribution in [0.2, 0.25) is 0 Å². The molecular weight excluding hydrogens is 408 g/mol. The number of nitrogens with zero attached hydrogens (tertiary/aromatic N) is 1. The fourth-order valence-corrected chi connectivity index (χ4v) is 7.98. The van der Waals surface area contributed by atoms with Crippen molar-refractivity contribution in [2.45, 2.75) is 63.5 Å². The molecule has 33 heavy (non-hydrogen) atoms. The van der Waals surface area contributed by atoms with E-state index in [1.165, 1.54) is 5.56 Å². The Kier molecular flexibility index (Phi) is 4.72. The number of para-hydroxylation sites is 1. The van der Waals surface area contributed by atoms with Gasteiger partial charge >= 0.3 is 0 Å². The van der Waals surface area contributed by atoms with Gasteiger partial charge in [-0.05, 0) is 66.5 Å². The molecule has 4 nitrogen and oxygen atoms in total. The molecule has 6 atom stereocenters. The number of rotatable bonds is 4. The zero-order chi connectivity index (χ0) is 22.8. The predicted octanol–water partition coefficient (Wildman–Crippen LogP) is 4.78. The van der Waals surface area contributed by atoms with Gasteiger partial charge in [0.15, 0.2) is 0 Å². The summed E-state index contributed by atoms with van der Waals surface area (Å²) < 4.78 is 6.65. The average molecular weight is 445 g/mol. The summed E-state index contributed by atoms with van der Waals surface area (Å²) >= 11 is 0. The standard InChI is InChI=1S/C29H36N2O2/c1-27(2)19-31(14-13-24(27)30)26(32)29-16-20-15-28(18-29,21-9-5-3-6-10-21)17-23(29)25(20)33-22-11-7-4-8-12-22/h3-12,20,23-25H,13-19,30H2,1-2H3/t20?,23?,24-,25?,28?,29?/m0/s1. The van der Waals surface area contributed by atoms with Gasteiger partial charge in [-0.25, -0.2) is 0 Å². The second-order valence-electron chi connectivity index (χ2n) is 12.0. The van der Waals surface area contributed by atoms with Crippen molar-refractivity contribution in [3.05, 3.63) is 66.2 Å². The lowest BCUT2D eigenvalue weighted by molar-refractivity contribution is -0.148. The van der Waals surface area contributed by atoms with Crippen LogP contribution in [-0.2, 0) is 10.2 Å². The van der Waals surface area contributed by atoms with Crippen LogP contribution in [0.25, 0.3) is 0 Å². The van der Waals surface area contributed by atoms with Gasteiger partial charge in [-0.1, -0.05) is 62.4 Å². The van der Waals surface area contributed by atoms with E-state index in [-0.39, 0.29) is 34.3 Å². The van der Waals surface area contributed by atoms with Crippen molar-refractivity contribution in [2.24, 2.45) is 28.4 Å². The lowest BCUT2D eigenvalue weighted by atomic mass is 9.63. The number of likely N-dealkylation sites (tertiary alicyclic amines) is 1. The number of hydrogen-bond donors (Lipinski definition) is 1. The molecule has 5 aliphatic rings. The van der Waals surface area contributed by atoms with E-state index < -0.39 is 0 Å². The minimum Gasteiger partial charge on any atom is -0.490 e. The molecule has 1 heterocycles. The number of amides is 1. The molecule has 4 heteroatoms. The Morgan fingerprint density at radius 1 is 1.00 bits per heavy atom. The molecule has 0 spiro atoms. The van der Waals surface area contributed by atoms with Gasteiger partial charge in [0.25, 0.3) is 0 Å². The summed E-state index contributed by atoms with van der Waals surface area (Å²) in [5, 5.41) is 0. The molecule has 5 unspecified atom stereocenters. The normalized spacial score (nSPS) is 38.5. The highest BCUT2D eigenvalue weighted by atomic mass is 16.5. The van der Waals surface area contributed by atoms with Gasteiger partial charge in [0.1, 0.15) is 11.9 Å². The van der Waals surface area contributed by atoms with Crippen molar-refractivity contribution in [2.75, 3.05) is 13.1 Å². The molecule has 1 amide bonds. The van der Waals surface area contributed by atoms with Crippen LogP contribution >= 0.6 is 0 Å². The fraction of sp³-hybridized carbons (Fsp3) is 0.552. The Hall–Kier alpha value is -2.33. The van der Waals surface area contributed by atoms with Crippen molar-refractivity contribution in [3.63, 3.8) is 0 Å². The average Bonchev–Trinajstić information content (AvgIpc) is 3.19. The maximum atomic E-state index is 14.4. The van der Waals surface area contributed by atoms with Crippen LogP contribution in [0.15, 0.2) is 60.7 Å². The van der Waals surface area contributed by atoms with Gasteiger partial charge in [0.05, 0.1) is 5.41 Å². The van der Waals surface area contributed by atoms with Gasteiger partial charge in [-0.15, -0.1) is 0 Å². The Morgan fingerprint density at radius 3 is 2.39 bits per heavy atom. The summed E-state index contributed by atoms with van der Waals surface area (Å²) in [6.07, 6.45) is 5.10. The molecular formula is C29H36N2O2. The van der Waals surface area contributed by atoms with Crippen LogP contribution in [0, 0.1) is 22.7 Å². The van der Waals surface area contributed by atoms with Gasteiger partial charge in [-0.3, -0.25) is 4.79 Å². The van der Waals surface area contributed by atoms with E-state index in [0.29, 0.717) is 11.8 Å². The number of ether oxygens (including phenoxy) is 1. The van der Waals surface area contributed by atoms with Crippen LogP contribution in [0.1, 0.15) is 51.5 Å². The van der Waals surface area contributed by atoms with Crippen molar-refractivity contribution < 1.29 is 9.53 Å². The monoisotopic (exact) mass is 444 g/mol. The first-order valence-corrected chi connectivity index (χ1v) is 12.7. The summed E-state index contributed by atoms with van der Waals surface area (Å²) in [5.41, 5.74) is 7.57. The topological polar surface area (TPSA) is 55.6 Å². The molecule has 0 radical (unpaired) electrons. The summed E-state index contributed by atoms with van der Waals surface area (Å²) in [6.45, 7) is 5.96. The second kappa shape index (κ2) is 7.33. The maximum absolute atomic E-state index is 14.4. The van der Waals surface area contributed by atoms with Crippen LogP contribution in [0.5, 0.6) is 5.75 Å². The summed E-state index contributed by atoms with van der Waals surface area (Å²) in [7, 11) is 0. The third kappa shape index (κ3) is 3.17. The molecule has 4 saturated carbocycles. The van der Waals surface area contributed by atoms with Gasteiger partial charge in [0, 0.05) is 25.0 Å². The van der Waals surface area contributed by atoms with Gasteiger partial charge in [0.2, 0.25) is 5.91 Å². The number of nitrogens with two attached hydrogens (primary N) is 1. The lowest BCUT2D eigenvalue weighted by Crippen LogP contribution is -2.57. The minimum atomic E-state index is -0.310. The van der Waals surface area contributed by atoms with Crippen molar-refractivity contribution in [1.82, 2.24) is 4.90 Å². The van der Waals surface area contributed by atoms with E-state index in [1.54, 1.807) is 0 Å². The molecule has 5 fully saturated rings. The first kappa shape index (κ1) is 21.2. The highest BCUT2D eigenvalue weighted by molar-refractivity contribution is 5.85. The number of piperidine rings is 1. The molecule has 174 valence electrons. The molecule has 0 aromatic heterocycles. The molecule has 2 N–H and O–H groups in total. The molecule has 1 aliphatic heterocycles.